The van der Waals surface area contributed by atoms with E-state index in [0.717, 1.165) is 19.4 Å². The van der Waals surface area contributed by atoms with Crippen molar-refractivity contribution in [2.24, 2.45) is 5.41 Å². The first kappa shape index (κ1) is 18.9. The third kappa shape index (κ3) is 10.5. The summed E-state index contributed by atoms with van der Waals surface area (Å²) >= 11 is 0. The monoisotopic (exact) mass is 245 g/mol. The first-order chi connectivity index (χ1) is 7.90. The second kappa shape index (κ2) is 10.7. The van der Waals surface area contributed by atoms with Crippen molar-refractivity contribution in [3.8, 4) is 0 Å². The largest absolute Gasteiger partial charge is 0.378 e. The number of nitrogens with one attached hydrogen (secondary N) is 1. The van der Waals surface area contributed by atoms with Crippen LogP contribution in [0.4, 0.5) is 0 Å². The molecule has 0 spiro atoms. The molecule has 0 aromatic carbocycles. The van der Waals surface area contributed by atoms with Gasteiger partial charge in [-0.05, 0) is 40.3 Å². The Morgan fingerprint density at radius 2 is 1.88 bits per heavy atom. The van der Waals surface area contributed by atoms with Crippen LogP contribution >= 0.6 is 0 Å². The summed E-state index contributed by atoms with van der Waals surface area (Å²) in [4.78, 5) is 11.2. The highest BCUT2D eigenvalue weighted by Crippen LogP contribution is 2.21. The fourth-order valence-electron chi connectivity index (χ4n) is 1.12. The maximum Gasteiger partial charge on any atom is 0.135 e. The highest BCUT2D eigenvalue weighted by molar-refractivity contribution is 5.81. The van der Waals surface area contributed by atoms with Crippen molar-refractivity contribution in [2.45, 2.75) is 60.5 Å². The van der Waals surface area contributed by atoms with E-state index in [-0.39, 0.29) is 17.3 Å². The normalized spacial score (nSPS) is 12.6. The minimum atomic E-state index is -0.247. The molecule has 0 saturated carbocycles. The molecule has 1 N–H and O–H groups in total. The van der Waals surface area contributed by atoms with Gasteiger partial charge in [-0.25, -0.2) is 0 Å². The molecular formula is C14H31NO2. The molecule has 0 saturated heterocycles. The summed E-state index contributed by atoms with van der Waals surface area (Å²) in [5.74, 6) is 0.231. The molecule has 0 aromatic heterocycles. The minimum Gasteiger partial charge on any atom is -0.378 e. The van der Waals surface area contributed by atoms with Crippen LogP contribution in [0.15, 0.2) is 0 Å². The predicted octanol–water partition coefficient (Wildman–Crippen LogP) is 3.03. The molecule has 3 heteroatoms. The number of hydrogen-bond acceptors (Lipinski definition) is 3. The highest BCUT2D eigenvalue weighted by atomic mass is 16.5. The molecule has 1 atom stereocenters. The summed E-state index contributed by atoms with van der Waals surface area (Å²) in [5.41, 5.74) is -0.247. The molecule has 17 heavy (non-hydrogen) atoms. The van der Waals surface area contributed by atoms with Gasteiger partial charge in [-0.1, -0.05) is 27.7 Å². The molecule has 1 unspecified atom stereocenters. The lowest BCUT2D eigenvalue weighted by Gasteiger charge is -2.22. The number of carbonyl (C=O) groups excluding carboxylic acids is 1. The van der Waals surface area contributed by atoms with Crippen molar-refractivity contribution in [2.75, 3.05) is 20.2 Å². The molecule has 0 aliphatic rings. The van der Waals surface area contributed by atoms with Crippen LogP contribution in [0.2, 0.25) is 0 Å². The molecule has 3 nitrogen and oxygen atoms in total. The lowest BCUT2D eigenvalue weighted by atomic mass is 9.86. The maximum atomic E-state index is 11.2. The Morgan fingerprint density at radius 1 is 1.35 bits per heavy atom. The Bertz CT molecular complexity index is 191. The number of ketones is 1. The third-order valence-corrected chi connectivity index (χ3v) is 2.88. The fraction of sp³-hybridized carbons (Fsp3) is 0.929. The van der Waals surface area contributed by atoms with E-state index >= 15 is 0 Å². The van der Waals surface area contributed by atoms with Crippen molar-refractivity contribution < 1.29 is 9.53 Å². The number of rotatable bonds is 8. The molecule has 0 aliphatic heterocycles. The average Bonchev–Trinajstić information content (AvgIpc) is 2.28. The molecule has 0 radical (unpaired) electrons. The highest BCUT2D eigenvalue weighted by Gasteiger charge is 2.23. The van der Waals surface area contributed by atoms with Crippen LogP contribution in [0.5, 0.6) is 0 Å². The van der Waals surface area contributed by atoms with Crippen LogP contribution in [-0.2, 0) is 9.53 Å². The predicted molar refractivity (Wildman–Crippen MR) is 74.4 cm³/mol. The molecule has 0 aliphatic carbocycles. The molecule has 104 valence electrons. The fourth-order valence-corrected chi connectivity index (χ4v) is 1.12. The zero-order chi connectivity index (χ0) is 13.9. The van der Waals surface area contributed by atoms with Crippen molar-refractivity contribution in [1.82, 2.24) is 5.32 Å². The second-order valence-electron chi connectivity index (χ2n) is 4.76. The van der Waals surface area contributed by atoms with Crippen molar-refractivity contribution in [3.63, 3.8) is 0 Å². The lowest BCUT2D eigenvalue weighted by Crippen LogP contribution is -2.25. The van der Waals surface area contributed by atoms with Crippen molar-refractivity contribution in [3.05, 3.63) is 0 Å². The van der Waals surface area contributed by atoms with Crippen LogP contribution in [0, 0.1) is 5.41 Å². The molecule has 0 rings (SSSR count). The van der Waals surface area contributed by atoms with E-state index in [0.29, 0.717) is 6.61 Å². The number of carbonyl (C=O) groups is 1. The molecular weight excluding hydrogens is 214 g/mol. The first-order valence-corrected chi connectivity index (χ1v) is 6.67. The van der Waals surface area contributed by atoms with Gasteiger partial charge in [-0.2, -0.15) is 0 Å². The Balaban J connectivity index is 0. The maximum absolute atomic E-state index is 11.2. The first-order valence-electron chi connectivity index (χ1n) is 6.67. The van der Waals surface area contributed by atoms with Crippen molar-refractivity contribution in [1.29, 1.82) is 0 Å². The summed E-state index contributed by atoms with van der Waals surface area (Å²) < 4.78 is 5.64. The van der Waals surface area contributed by atoms with Crippen LogP contribution in [0.3, 0.4) is 0 Å². The molecule has 0 fully saturated rings. The minimum absolute atomic E-state index is 0.231. The van der Waals surface area contributed by atoms with Gasteiger partial charge in [0, 0.05) is 12.0 Å². The Kier molecular flexibility index (Phi) is 12.0. The van der Waals surface area contributed by atoms with Gasteiger partial charge in [-0.15, -0.1) is 0 Å². The van der Waals surface area contributed by atoms with E-state index in [2.05, 4.69) is 12.2 Å². The van der Waals surface area contributed by atoms with Gasteiger partial charge in [0.1, 0.15) is 5.78 Å². The van der Waals surface area contributed by atoms with Gasteiger partial charge >= 0.3 is 0 Å². The summed E-state index contributed by atoms with van der Waals surface area (Å²) in [7, 11) is 1.94. The zero-order valence-corrected chi connectivity index (χ0v) is 12.7. The second-order valence-corrected chi connectivity index (χ2v) is 4.76. The van der Waals surface area contributed by atoms with Gasteiger partial charge in [0.05, 0.1) is 6.10 Å². The Labute approximate surface area is 107 Å². The summed E-state index contributed by atoms with van der Waals surface area (Å²) in [5, 5.41) is 3.09. The SMILES string of the molecule is CC.CNCCC(C)OCCC(C)(C)C(C)=O. The Morgan fingerprint density at radius 3 is 2.29 bits per heavy atom. The average molecular weight is 245 g/mol. The Hall–Kier alpha value is -0.410. The molecule has 0 bridgehead atoms. The standard InChI is InChI=1S/C12H25NO2.C2H6/c1-10(6-8-13-5)15-9-7-12(3,4)11(2)14;1-2/h10,13H,6-9H2,1-5H3;1-2H3. The van der Waals surface area contributed by atoms with Gasteiger partial charge in [0.15, 0.2) is 0 Å². The third-order valence-electron chi connectivity index (χ3n) is 2.88. The topological polar surface area (TPSA) is 38.3 Å². The van der Waals surface area contributed by atoms with Crippen LogP contribution in [0.1, 0.15) is 54.4 Å². The number of ether oxygens (including phenoxy) is 1. The van der Waals surface area contributed by atoms with E-state index in [9.17, 15) is 4.79 Å². The summed E-state index contributed by atoms with van der Waals surface area (Å²) in [6.07, 6.45) is 2.07. The number of hydrogen-bond donors (Lipinski definition) is 1. The summed E-state index contributed by atoms with van der Waals surface area (Å²) in [6, 6.07) is 0. The quantitative estimate of drug-likeness (QED) is 0.714. The van der Waals surface area contributed by atoms with Crippen LogP contribution in [0.25, 0.3) is 0 Å². The van der Waals surface area contributed by atoms with E-state index in [1.807, 2.05) is 34.7 Å². The van der Waals surface area contributed by atoms with Gasteiger partial charge < -0.3 is 10.1 Å². The van der Waals surface area contributed by atoms with Gasteiger partial charge in [-0.3, -0.25) is 4.79 Å². The van der Waals surface area contributed by atoms with Gasteiger partial charge in [0.25, 0.3) is 0 Å². The summed E-state index contributed by atoms with van der Waals surface area (Å²) in [6.45, 7) is 13.3. The van der Waals surface area contributed by atoms with E-state index < -0.39 is 0 Å². The van der Waals surface area contributed by atoms with E-state index in [1.165, 1.54) is 0 Å². The zero-order valence-electron chi connectivity index (χ0n) is 12.7. The molecule has 0 heterocycles. The number of Topliss-reactive ketones (excluding diaryl/α,β-unsaturated/α-hetero) is 1. The van der Waals surface area contributed by atoms with E-state index in [1.54, 1.807) is 6.92 Å². The van der Waals surface area contributed by atoms with E-state index in [4.69, 9.17) is 4.74 Å². The lowest BCUT2D eigenvalue weighted by molar-refractivity contribution is -0.126. The molecule has 0 aromatic rings. The molecule has 0 amide bonds. The van der Waals surface area contributed by atoms with Crippen LogP contribution in [-0.4, -0.2) is 32.1 Å². The van der Waals surface area contributed by atoms with Crippen LogP contribution < -0.4 is 5.32 Å². The van der Waals surface area contributed by atoms with Gasteiger partial charge in [0.2, 0.25) is 0 Å². The van der Waals surface area contributed by atoms with Crippen molar-refractivity contribution >= 4 is 5.78 Å². The smallest absolute Gasteiger partial charge is 0.135 e.